The Hall–Kier alpha value is -0.300. The molecule has 48 valence electrons. The lowest BCUT2D eigenvalue weighted by Crippen LogP contribution is -1.29. The molecule has 4 heteroatoms. The third-order valence-corrected chi connectivity index (χ3v) is 1.53. The Balaban J connectivity index is 0.000000187. The van der Waals surface area contributed by atoms with Crippen LogP contribution >= 0.6 is 22.9 Å². The summed E-state index contributed by atoms with van der Waals surface area (Å²) in [7, 11) is 0. The molecule has 0 unspecified atom stereocenters. The molecule has 0 spiro atoms. The molecule has 1 rings (SSSR count). The Kier molecular flexibility index (Phi) is 5.64. The Morgan fingerprint density at radius 1 is 1.78 bits per heavy atom. The average molecular weight is 177 g/mol. The summed E-state index contributed by atoms with van der Waals surface area (Å²) in [5.74, 6) is 0. The summed E-state index contributed by atoms with van der Waals surface area (Å²) >= 11 is 10.7. The van der Waals surface area contributed by atoms with Crippen molar-refractivity contribution >= 4 is 35.6 Å². The molecular weight excluding hydrogens is 174 g/mol. The molecule has 1 aromatic heterocycles. The van der Waals surface area contributed by atoms with Crippen LogP contribution in [0.4, 0.5) is 0 Å². The van der Waals surface area contributed by atoms with Crippen LogP contribution in [0.3, 0.4) is 0 Å². The van der Waals surface area contributed by atoms with Crippen LogP contribution in [0.1, 0.15) is 0 Å². The van der Waals surface area contributed by atoms with E-state index in [4.69, 9.17) is 16.9 Å². The first-order valence-electron chi connectivity index (χ1n) is 2.01. The van der Waals surface area contributed by atoms with Gasteiger partial charge in [-0.05, 0) is 17.5 Å². The van der Waals surface area contributed by atoms with Crippen molar-refractivity contribution in [3.05, 3.63) is 21.8 Å². The summed E-state index contributed by atoms with van der Waals surface area (Å²) in [5.41, 5.74) is 0. The molecule has 0 aromatic carbocycles. The molecule has 1 nitrogen and oxygen atoms in total. The summed E-state index contributed by atoms with van der Waals surface area (Å²) in [4.78, 5) is 0. The molecule has 0 aliphatic rings. The molecule has 9 heavy (non-hydrogen) atoms. The van der Waals surface area contributed by atoms with E-state index in [0.29, 0.717) is 0 Å². The van der Waals surface area contributed by atoms with Crippen molar-refractivity contribution in [3.63, 3.8) is 0 Å². The second-order valence-electron chi connectivity index (χ2n) is 1.01. The van der Waals surface area contributed by atoms with Crippen molar-refractivity contribution in [3.8, 4) is 5.40 Å². The van der Waals surface area contributed by atoms with Gasteiger partial charge in [-0.25, -0.2) is 5.26 Å². The maximum Gasteiger partial charge on any atom is 0.0928 e. The van der Waals surface area contributed by atoms with Gasteiger partial charge >= 0.3 is 0 Å². The van der Waals surface area contributed by atoms with Gasteiger partial charge in [-0.3, -0.25) is 0 Å². The molecule has 0 aliphatic carbocycles. The van der Waals surface area contributed by atoms with Gasteiger partial charge in [0.1, 0.15) is 0 Å². The molecule has 0 N–H and O–H groups in total. The highest BCUT2D eigenvalue weighted by molar-refractivity contribution is 7.64. The fraction of sp³-hybridized carbons (Fsp3) is 0. The van der Waals surface area contributed by atoms with E-state index in [1.54, 1.807) is 11.3 Å². The zero-order valence-corrected chi connectivity index (χ0v) is 6.76. The zero-order chi connectivity index (χ0) is 7.11. The Bertz CT molecular complexity index is 177. The third-order valence-electron chi connectivity index (χ3n) is 0.486. The molecule has 1 aromatic rings. The number of thiocyanates is 1. The molecule has 0 fully saturated rings. The fourth-order valence-corrected chi connectivity index (χ4v) is 0.930. The largest absolute Gasteiger partial charge is 0.696 e. The molecule has 0 saturated heterocycles. The number of rotatable bonds is 0. The van der Waals surface area contributed by atoms with Crippen LogP contribution < -0.4 is 0 Å². The first-order chi connectivity index (χ1) is 4.31. The second kappa shape index (κ2) is 5.83. The smallest absolute Gasteiger partial charge is 0.0928 e. The molecule has 0 saturated carbocycles. The molecule has 0 bridgehead atoms. The van der Waals surface area contributed by atoms with Crippen molar-refractivity contribution < 1.29 is 0 Å². The molecule has 1 heterocycles. The van der Waals surface area contributed by atoms with Crippen molar-refractivity contribution in [2.45, 2.75) is 0 Å². The Labute approximate surface area is 68.3 Å². The van der Waals surface area contributed by atoms with E-state index >= 15 is 0 Å². The SMILES string of the molecule is Clc1cccs1.N#C[S-]. The van der Waals surface area contributed by atoms with Gasteiger partial charge in [0.05, 0.1) is 4.34 Å². The number of thiophene rings is 1. The molecular formula is C5H3ClNS2-. The summed E-state index contributed by atoms with van der Waals surface area (Å²) in [6.45, 7) is 0. The van der Waals surface area contributed by atoms with E-state index < -0.39 is 0 Å². The van der Waals surface area contributed by atoms with Gasteiger partial charge in [0.2, 0.25) is 0 Å². The minimum atomic E-state index is 0.856. The standard InChI is InChI=1S/C4H3ClS.CHNS/c5-4-2-1-3-6-4;2-1-3/h1-3H;3H/p-1. The van der Waals surface area contributed by atoms with Gasteiger partial charge in [-0.2, -0.15) is 0 Å². The normalized spacial score (nSPS) is 6.67. The summed E-state index contributed by atoms with van der Waals surface area (Å²) in [6.07, 6.45) is 0. The maximum atomic E-state index is 7.13. The lowest BCUT2D eigenvalue weighted by Gasteiger charge is -1.62. The Morgan fingerprint density at radius 3 is 2.44 bits per heavy atom. The number of nitrogens with zero attached hydrogens (tertiary/aromatic N) is 1. The summed E-state index contributed by atoms with van der Waals surface area (Å²) < 4.78 is 0.856. The molecule has 0 atom stereocenters. The predicted molar refractivity (Wildman–Crippen MR) is 42.3 cm³/mol. The monoisotopic (exact) mass is 176 g/mol. The van der Waals surface area contributed by atoms with E-state index in [-0.39, 0.29) is 0 Å². The summed E-state index contributed by atoms with van der Waals surface area (Å²) in [5, 5.41) is 10.4. The summed E-state index contributed by atoms with van der Waals surface area (Å²) in [6, 6.07) is 3.79. The highest BCUT2D eigenvalue weighted by Crippen LogP contribution is 2.13. The quantitative estimate of drug-likeness (QED) is 0.448. The molecule has 0 aliphatic heterocycles. The second-order valence-corrected chi connectivity index (χ2v) is 2.77. The van der Waals surface area contributed by atoms with E-state index in [2.05, 4.69) is 12.6 Å². The van der Waals surface area contributed by atoms with Crippen LogP contribution in [-0.4, -0.2) is 0 Å². The van der Waals surface area contributed by atoms with Crippen molar-refractivity contribution in [1.82, 2.24) is 0 Å². The van der Waals surface area contributed by atoms with E-state index in [9.17, 15) is 0 Å². The Morgan fingerprint density at radius 2 is 2.33 bits per heavy atom. The predicted octanol–water partition coefficient (Wildman–Crippen LogP) is 2.42. The van der Waals surface area contributed by atoms with E-state index in [1.807, 2.05) is 17.5 Å². The highest BCUT2D eigenvalue weighted by Gasteiger charge is 1.77. The first kappa shape index (κ1) is 8.70. The third kappa shape index (κ3) is 5.57. The first-order valence-corrected chi connectivity index (χ1v) is 3.68. The molecule has 0 radical (unpaired) electrons. The van der Waals surface area contributed by atoms with Gasteiger partial charge in [0.25, 0.3) is 0 Å². The average Bonchev–Trinajstić information content (AvgIpc) is 2.20. The van der Waals surface area contributed by atoms with Crippen LogP contribution in [0.25, 0.3) is 0 Å². The zero-order valence-electron chi connectivity index (χ0n) is 4.37. The van der Waals surface area contributed by atoms with Crippen molar-refractivity contribution in [2.75, 3.05) is 0 Å². The van der Waals surface area contributed by atoms with Crippen LogP contribution in [0.15, 0.2) is 17.5 Å². The van der Waals surface area contributed by atoms with Gasteiger partial charge < -0.3 is 12.6 Å². The van der Waals surface area contributed by atoms with Gasteiger partial charge in [0, 0.05) is 0 Å². The van der Waals surface area contributed by atoms with Crippen LogP contribution in [0.5, 0.6) is 0 Å². The van der Waals surface area contributed by atoms with Gasteiger partial charge in [-0.15, -0.1) is 11.3 Å². The topological polar surface area (TPSA) is 23.8 Å². The minimum absolute atomic E-state index is 0.856. The van der Waals surface area contributed by atoms with Crippen LogP contribution in [0.2, 0.25) is 4.34 Å². The van der Waals surface area contributed by atoms with Crippen LogP contribution in [0, 0.1) is 10.7 Å². The minimum Gasteiger partial charge on any atom is -0.696 e. The van der Waals surface area contributed by atoms with Gasteiger partial charge in [-0.1, -0.05) is 17.0 Å². The highest BCUT2D eigenvalue weighted by atomic mass is 35.5. The number of halogens is 1. The molecule has 0 amide bonds. The van der Waals surface area contributed by atoms with E-state index in [1.165, 1.54) is 5.40 Å². The lowest BCUT2D eigenvalue weighted by atomic mass is 10.7. The number of hydrogen-bond donors (Lipinski definition) is 0. The van der Waals surface area contributed by atoms with Crippen LogP contribution in [-0.2, 0) is 12.6 Å². The number of nitriles is 1. The van der Waals surface area contributed by atoms with Crippen molar-refractivity contribution in [1.29, 1.82) is 5.26 Å². The van der Waals surface area contributed by atoms with Gasteiger partial charge in [0.15, 0.2) is 0 Å². The van der Waals surface area contributed by atoms with E-state index in [0.717, 1.165) is 4.34 Å². The maximum absolute atomic E-state index is 7.13. The lowest BCUT2D eigenvalue weighted by molar-refractivity contribution is 1.57. The fourth-order valence-electron chi connectivity index (χ4n) is 0.259. The van der Waals surface area contributed by atoms with Crippen molar-refractivity contribution in [2.24, 2.45) is 0 Å². The number of hydrogen-bond acceptors (Lipinski definition) is 3.